The second-order valence-corrected chi connectivity index (χ2v) is 5.09. The molecule has 0 bridgehead atoms. The van der Waals surface area contributed by atoms with Crippen LogP contribution in [0.4, 0.5) is 0 Å². The molecule has 1 aliphatic rings. The monoisotopic (exact) mass is 244 g/mol. The van der Waals surface area contributed by atoms with Crippen LogP contribution in [0.3, 0.4) is 0 Å². The van der Waals surface area contributed by atoms with Gasteiger partial charge in [-0.1, -0.05) is 0 Å². The van der Waals surface area contributed by atoms with Gasteiger partial charge in [-0.3, -0.25) is 9.69 Å². The Morgan fingerprint density at radius 3 is 2.47 bits per heavy atom. The average molecular weight is 244 g/mol. The lowest BCUT2D eigenvalue weighted by molar-refractivity contribution is -0.151. The molecule has 1 saturated heterocycles. The molecule has 0 spiro atoms. The molecule has 0 aromatic carbocycles. The highest BCUT2D eigenvalue weighted by Crippen LogP contribution is 2.14. The Morgan fingerprint density at radius 2 is 2.00 bits per heavy atom. The van der Waals surface area contributed by atoms with Crippen molar-refractivity contribution in [1.82, 2.24) is 4.90 Å². The van der Waals surface area contributed by atoms with E-state index >= 15 is 0 Å². The van der Waals surface area contributed by atoms with Crippen molar-refractivity contribution >= 4 is 5.97 Å². The summed E-state index contributed by atoms with van der Waals surface area (Å²) in [6.45, 7) is 10.0. The second-order valence-electron chi connectivity index (χ2n) is 5.09. The van der Waals surface area contributed by atoms with Gasteiger partial charge < -0.3 is 15.2 Å². The van der Waals surface area contributed by atoms with Gasteiger partial charge in [-0.2, -0.15) is 0 Å². The predicted octanol–water partition coefficient (Wildman–Crippen LogP) is 0.376. The Labute approximate surface area is 103 Å². The van der Waals surface area contributed by atoms with Crippen LogP contribution in [-0.4, -0.2) is 54.9 Å². The number of carbonyl (C=O) groups is 1. The van der Waals surface area contributed by atoms with Gasteiger partial charge in [0.05, 0.1) is 18.8 Å². The van der Waals surface area contributed by atoms with Crippen LogP contribution < -0.4 is 5.73 Å². The van der Waals surface area contributed by atoms with Crippen molar-refractivity contribution in [2.24, 2.45) is 5.73 Å². The molecule has 0 aromatic rings. The Kier molecular flexibility index (Phi) is 4.91. The number of ether oxygens (including phenoxy) is 2. The van der Waals surface area contributed by atoms with E-state index in [4.69, 9.17) is 15.2 Å². The molecule has 1 rings (SSSR count). The Balaban J connectivity index is 2.54. The quantitative estimate of drug-likeness (QED) is 0.724. The number of nitrogens with two attached hydrogens (primary N) is 1. The fourth-order valence-corrected chi connectivity index (χ4v) is 2.24. The molecule has 0 aromatic heterocycles. The molecule has 1 unspecified atom stereocenters. The van der Waals surface area contributed by atoms with Gasteiger partial charge in [-0.15, -0.1) is 0 Å². The number of esters is 1. The lowest BCUT2D eigenvalue weighted by atomic mass is 10.0. The van der Waals surface area contributed by atoms with E-state index in [1.54, 1.807) is 13.8 Å². The van der Waals surface area contributed by atoms with Crippen LogP contribution in [0.1, 0.15) is 27.7 Å². The van der Waals surface area contributed by atoms with Gasteiger partial charge in [0.25, 0.3) is 0 Å². The molecule has 17 heavy (non-hydrogen) atoms. The molecule has 100 valence electrons. The summed E-state index contributed by atoms with van der Waals surface area (Å²) < 4.78 is 10.6. The maximum absolute atomic E-state index is 11.7. The number of carbonyl (C=O) groups excluding carboxylic acids is 1. The van der Waals surface area contributed by atoms with Crippen molar-refractivity contribution in [3.8, 4) is 0 Å². The van der Waals surface area contributed by atoms with Crippen molar-refractivity contribution in [1.29, 1.82) is 0 Å². The van der Waals surface area contributed by atoms with E-state index in [1.807, 2.05) is 13.8 Å². The molecule has 1 aliphatic heterocycles. The fourth-order valence-electron chi connectivity index (χ4n) is 2.24. The van der Waals surface area contributed by atoms with Crippen molar-refractivity contribution < 1.29 is 14.3 Å². The van der Waals surface area contributed by atoms with Crippen LogP contribution in [0.2, 0.25) is 0 Å². The van der Waals surface area contributed by atoms with Crippen LogP contribution in [0.25, 0.3) is 0 Å². The van der Waals surface area contributed by atoms with E-state index in [-0.39, 0.29) is 18.2 Å². The Hall–Kier alpha value is -0.650. The van der Waals surface area contributed by atoms with Gasteiger partial charge in [-0.05, 0) is 27.7 Å². The van der Waals surface area contributed by atoms with Gasteiger partial charge in [0, 0.05) is 19.6 Å². The van der Waals surface area contributed by atoms with E-state index in [1.165, 1.54) is 0 Å². The minimum atomic E-state index is -0.952. The molecular formula is C12H24N2O3. The summed E-state index contributed by atoms with van der Waals surface area (Å²) in [4.78, 5) is 13.9. The summed E-state index contributed by atoms with van der Waals surface area (Å²) >= 11 is 0. The van der Waals surface area contributed by atoms with E-state index < -0.39 is 5.54 Å². The van der Waals surface area contributed by atoms with E-state index in [0.29, 0.717) is 13.2 Å². The molecular weight excluding hydrogens is 220 g/mol. The molecule has 3 atom stereocenters. The van der Waals surface area contributed by atoms with Gasteiger partial charge in [-0.25, -0.2) is 0 Å². The number of rotatable bonds is 4. The topological polar surface area (TPSA) is 64.8 Å². The first-order valence-corrected chi connectivity index (χ1v) is 6.19. The fraction of sp³-hybridized carbons (Fsp3) is 0.917. The van der Waals surface area contributed by atoms with E-state index in [2.05, 4.69) is 4.90 Å². The number of hydrogen-bond donors (Lipinski definition) is 1. The van der Waals surface area contributed by atoms with Gasteiger partial charge in [0.15, 0.2) is 0 Å². The highest BCUT2D eigenvalue weighted by molar-refractivity contribution is 5.80. The van der Waals surface area contributed by atoms with Crippen LogP contribution in [0, 0.1) is 0 Å². The van der Waals surface area contributed by atoms with Crippen molar-refractivity contribution in [2.45, 2.75) is 45.4 Å². The predicted molar refractivity (Wildman–Crippen MR) is 65.7 cm³/mol. The lowest BCUT2D eigenvalue weighted by Crippen LogP contribution is -2.58. The first-order chi connectivity index (χ1) is 7.85. The van der Waals surface area contributed by atoms with E-state index in [0.717, 1.165) is 13.1 Å². The van der Waals surface area contributed by atoms with Crippen LogP contribution in [-0.2, 0) is 14.3 Å². The Morgan fingerprint density at radius 1 is 1.47 bits per heavy atom. The van der Waals surface area contributed by atoms with Crippen LogP contribution in [0.5, 0.6) is 0 Å². The minimum Gasteiger partial charge on any atom is -0.465 e. The van der Waals surface area contributed by atoms with Crippen LogP contribution in [0.15, 0.2) is 0 Å². The van der Waals surface area contributed by atoms with Gasteiger partial charge >= 0.3 is 5.97 Å². The maximum atomic E-state index is 11.7. The third kappa shape index (κ3) is 4.26. The summed E-state index contributed by atoms with van der Waals surface area (Å²) in [6.07, 6.45) is 0.355. The molecule has 1 fully saturated rings. The summed E-state index contributed by atoms with van der Waals surface area (Å²) in [7, 11) is 0. The molecule has 0 saturated carbocycles. The first-order valence-electron chi connectivity index (χ1n) is 6.19. The number of morpholine rings is 1. The third-order valence-electron chi connectivity index (χ3n) is 2.79. The van der Waals surface area contributed by atoms with Gasteiger partial charge in [0.1, 0.15) is 5.54 Å². The molecule has 2 N–H and O–H groups in total. The maximum Gasteiger partial charge on any atom is 0.327 e. The Bertz CT molecular complexity index is 258. The van der Waals surface area contributed by atoms with Crippen LogP contribution >= 0.6 is 0 Å². The number of hydrogen-bond acceptors (Lipinski definition) is 5. The first kappa shape index (κ1) is 14.4. The largest absolute Gasteiger partial charge is 0.465 e. The highest BCUT2D eigenvalue weighted by Gasteiger charge is 2.34. The SMILES string of the molecule is CCOC(=O)C(C)(N)CN1C[C@@H](C)O[C@@H](C)C1. The summed E-state index contributed by atoms with van der Waals surface area (Å²) in [6, 6.07) is 0. The van der Waals surface area contributed by atoms with Crippen molar-refractivity contribution in [3.63, 3.8) is 0 Å². The highest BCUT2D eigenvalue weighted by atomic mass is 16.5. The molecule has 0 amide bonds. The number of nitrogens with zero attached hydrogens (tertiary/aromatic N) is 1. The lowest BCUT2D eigenvalue weighted by Gasteiger charge is -2.38. The summed E-state index contributed by atoms with van der Waals surface area (Å²) in [5, 5.41) is 0. The molecule has 1 heterocycles. The minimum absolute atomic E-state index is 0.178. The van der Waals surface area contributed by atoms with Crippen molar-refractivity contribution in [3.05, 3.63) is 0 Å². The van der Waals surface area contributed by atoms with Crippen molar-refractivity contribution in [2.75, 3.05) is 26.2 Å². The standard InChI is InChI=1S/C12H24N2O3/c1-5-16-11(15)12(4,13)8-14-6-9(2)17-10(3)7-14/h9-10H,5-8,13H2,1-4H3/t9-,10+,12?. The molecule has 0 radical (unpaired) electrons. The molecule has 5 nitrogen and oxygen atoms in total. The molecule has 0 aliphatic carbocycles. The second kappa shape index (κ2) is 5.80. The average Bonchev–Trinajstić information content (AvgIpc) is 2.15. The molecule has 5 heteroatoms. The zero-order valence-electron chi connectivity index (χ0n) is 11.2. The summed E-state index contributed by atoms with van der Waals surface area (Å²) in [5.41, 5.74) is 5.06. The van der Waals surface area contributed by atoms with E-state index in [9.17, 15) is 4.79 Å². The zero-order valence-corrected chi connectivity index (χ0v) is 11.2. The van der Waals surface area contributed by atoms with Gasteiger partial charge in [0.2, 0.25) is 0 Å². The summed E-state index contributed by atoms with van der Waals surface area (Å²) in [5.74, 6) is -0.341. The zero-order chi connectivity index (χ0) is 13.1. The normalized spacial score (nSPS) is 29.7. The third-order valence-corrected chi connectivity index (χ3v) is 2.79. The smallest absolute Gasteiger partial charge is 0.327 e.